The molecule has 0 aliphatic carbocycles. The molecular formula is C41H49ClF2N12O5. The molecule has 5 saturated heterocycles. The van der Waals surface area contributed by atoms with E-state index < -0.39 is 24.1 Å². The molecule has 3 aromatic heterocycles. The Morgan fingerprint density at radius 1 is 1.07 bits per heavy atom. The van der Waals surface area contributed by atoms with Crippen LogP contribution in [0.2, 0.25) is 5.02 Å². The molecule has 5 aliphatic heterocycles. The van der Waals surface area contributed by atoms with Gasteiger partial charge in [-0.15, -0.1) is 0 Å². The number of imide groups is 1. The molecule has 0 saturated carbocycles. The van der Waals surface area contributed by atoms with Crippen molar-refractivity contribution in [3.8, 4) is 0 Å². The third-order valence-corrected chi connectivity index (χ3v) is 13.1. The van der Waals surface area contributed by atoms with Crippen LogP contribution in [-0.4, -0.2) is 148 Å². The van der Waals surface area contributed by atoms with E-state index in [-0.39, 0.29) is 54.2 Å². The van der Waals surface area contributed by atoms with Gasteiger partial charge in [0.2, 0.25) is 5.91 Å². The minimum absolute atomic E-state index is 0.0224. The number of carbonyl (C=O) groups excluding carboxylic acids is 4. The molecule has 20 heteroatoms. The maximum Gasteiger partial charge on any atom is 0.328 e. The zero-order valence-electron chi connectivity index (χ0n) is 33.9. The topological polar surface area (TPSA) is 166 Å². The molecule has 2 bridgehead atoms. The maximum absolute atomic E-state index is 14.3. The Kier molecular flexibility index (Phi) is 11.6. The number of aromatic nitrogens is 5. The summed E-state index contributed by atoms with van der Waals surface area (Å²) >= 11 is 6.39. The van der Waals surface area contributed by atoms with E-state index in [4.69, 9.17) is 21.3 Å². The van der Waals surface area contributed by atoms with Crippen molar-refractivity contribution in [2.45, 2.75) is 63.1 Å². The number of fused-ring (bicyclic) bond motifs is 3. The SMILES string of the molecule is CN(CCN1CCC(n2cc(NC(=O)c3cnn4ccc(N5C[C@H]6C[C@@H]5CO6)nc34)c(C(F)F)n2)CC1)CC1CCN(C(=O)c2ccc(Cl)c(N3CCC(=O)NC3=O)c2)CC1. The van der Waals surface area contributed by atoms with Gasteiger partial charge in [-0.3, -0.25) is 29.3 Å². The van der Waals surface area contributed by atoms with Gasteiger partial charge < -0.3 is 29.7 Å². The number of ether oxygens (including phenoxy) is 1. The molecule has 0 unspecified atom stereocenters. The van der Waals surface area contributed by atoms with Crippen molar-refractivity contribution < 1.29 is 32.7 Å². The third kappa shape index (κ3) is 8.65. The van der Waals surface area contributed by atoms with E-state index in [1.54, 1.807) is 29.1 Å². The lowest BCUT2D eigenvalue weighted by Gasteiger charge is -2.36. The number of piperidine rings is 2. The largest absolute Gasteiger partial charge is 0.374 e. The molecule has 5 fully saturated rings. The van der Waals surface area contributed by atoms with Crippen molar-refractivity contribution >= 4 is 58.2 Å². The first-order valence-corrected chi connectivity index (χ1v) is 21.4. The fraction of sp³-hybridized carbons (Fsp3) is 0.537. The summed E-state index contributed by atoms with van der Waals surface area (Å²) in [6, 6.07) is 6.37. The summed E-state index contributed by atoms with van der Waals surface area (Å²) in [5.74, 6) is 0.134. The van der Waals surface area contributed by atoms with E-state index >= 15 is 0 Å². The number of nitrogens with zero attached hydrogens (tertiary/aromatic N) is 10. The van der Waals surface area contributed by atoms with Gasteiger partial charge in [-0.25, -0.2) is 23.1 Å². The van der Waals surface area contributed by atoms with Crippen LogP contribution in [0.25, 0.3) is 5.65 Å². The molecule has 5 aliphatic rings. The smallest absolute Gasteiger partial charge is 0.328 e. The van der Waals surface area contributed by atoms with Gasteiger partial charge in [0.25, 0.3) is 18.2 Å². The normalized spacial score (nSPS) is 21.7. The van der Waals surface area contributed by atoms with Crippen molar-refractivity contribution in [2.75, 3.05) is 87.7 Å². The predicted molar refractivity (Wildman–Crippen MR) is 221 cm³/mol. The summed E-state index contributed by atoms with van der Waals surface area (Å²) in [6.45, 7) is 7.05. The predicted octanol–water partition coefficient (Wildman–Crippen LogP) is 4.31. The van der Waals surface area contributed by atoms with Gasteiger partial charge in [0.1, 0.15) is 11.4 Å². The molecule has 17 nitrogen and oxygen atoms in total. The number of alkyl halides is 2. The zero-order chi connectivity index (χ0) is 42.4. The Balaban J connectivity index is 0.732. The van der Waals surface area contributed by atoms with Crippen molar-refractivity contribution in [2.24, 2.45) is 5.92 Å². The summed E-state index contributed by atoms with van der Waals surface area (Å²) in [5.41, 5.74) is 0.899. The van der Waals surface area contributed by atoms with Crippen molar-refractivity contribution in [1.82, 2.24) is 44.4 Å². The van der Waals surface area contributed by atoms with Crippen LogP contribution in [0, 0.1) is 5.92 Å². The van der Waals surface area contributed by atoms with Crippen molar-refractivity contribution in [1.29, 1.82) is 0 Å². The summed E-state index contributed by atoms with van der Waals surface area (Å²) in [5, 5.41) is 13.8. The van der Waals surface area contributed by atoms with Crippen LogP contribution in [-0.2, 0) is 9.53 Å². The summed E-state index contributed by atoms with van der Waals surface area (Å²) < 4.78 is 37.3. The Morgan fingerprint density at radius 2 is 1.87 bits per heavy atom. The Bertz CT molecular complexity index is 2310. The number of benzene rings is 1. The monoisotopic (exact) mass is 862 g/mol. The first-order chi connectivity index (χ1) is 29.5. The van der Waals surface area contributed by atoms with Crippen LogP contribution in [0.1, 0.15) is 77.4 Å². The average Bonchev–Trinajstić information content (AvgIpc) is 4.08. The molecule has 8 heterocycles. The Hall–Kier alpha value is -5.24. The van der Waals surface area contributed by atoms with E-state index in [1.165, 1.54) is 21.8 Å². The standard InChI is InChI=1S/C41H49ClF2N12O5/c1-50(21-25-4-12-52(13-5-25)40(59)26-2-3-31(42)33(18-26)53-14-9-35(57)48-41(53)60)16-17-51-10-6-27(7-11-51)56-23-32(36(49-56)37(43)44)46-39(58)30-20-45-55-15-8-34(47-38(30)55)54-22-29-19-28(54)24-61-29/h2-3,8,15,18,20,23,25,27-29,37H,4-7,9-14,16-17,19,21-22,24H2,1H3,(H,46,58)(H,48,57,60)/t28-,29-/m1/s1. The highest BCUT2D eigenvalue weighted by Gasteiger charge is 2.40. The lowest BCUT2D eigenvalue weighted by atomic mass is 9.95. The van der Waals surface area contributed by atoms with Crippen LogP contribution >= 0.6 is 11.6 Å². The third-order valence-electron chi connectivity index (χ3n) is 12.7. The number of carbonyl (C=O) groups is 4. The van der Waals surface area contributed by atoms with Crippen LogP contribution < -0.4 is 20.4 Å². The number of morpholine rings is 1. The number of urea groups is 1. The Labute approximate surface area is 355 Å². The molecule has 5 amide bonds. The Morgan fingerprint density at radius 3 is 2.59 bits per heavy atom. The number of halogens is 3. The molecule has 4 aromatic rings. The minimum atomic E-state index is -2.87. The molecule has 0 radical (unpaired) electrons. The van der Waals surface area contributed by atoms with Gasteiger partial charge in [0.05, 0.1) is 47.4 Å². The van der Waals surface area contributed by atoms with Gasteiger partial charge in [0.15, 0.2) is 11.3 Å². The number of likely N-dealkylation sites (N-methyl/N-ethyl adjacent to an activating group) is 1. The molecule has 324 valence electrons. The second kappa shape index (κ2) is 17.3. The molecule has 2 N–H and O–H groups in total. The van der Waals surface area contributed by atoms with Gasteiger partial charge in [-0.1, -0.05) is 11.6 Å². The highest BCUT2D eigenvalue weighted by molar-refractivity contribution is 6.34. The highest BCUT2D eigenvalue weighted by Crippen LogP contribution is 2.34. The highest BCUT2D eigenvalue weighted by atomic mass is 35.5. The molecule has 9 rings (SSSR count). The lowest BCUT2D eigenvalue weighted by Crippen LogP contribution is -2.49. The molecule has 1 aromatic carbocycles. The number of anilines is 3. The first-order valence-electron chi connectivity index (χ1n) is 21.0. The molecule has 2 atom stereocenters. The molecular weight excluding hydrogens is 814 g/mol. The fourth-order valence-electron chi connectivity index (χ4n) is 9.30. The number of rotatable bonds is 12. The first kappa shape index (κ1) is 41.1. The van der Waals surface area contributed by atoms with E-state index in [0.29, 0.717) is 47.5 Å². The summed E-state index contributed by atoms with van der Waals surface area (Å²) in [7, 11) is 2.11. The van der Waals surface area contributed by atoms with Crippen molar-refractivity contribution in [3.05, 3.63) is 64.7 Å². The van der Waals surface area contributed by atoms with E-state index in [9.17, 15) is 28.0 Å². The zero-order valence-corrected chi connectivity index (χ0v) is 34.6. The van der Waals surface area contributed by atoms with Crippen LogP contribution in [0.15, 0.2) is 42.9 Å². The molecule has 61 heavy (non-hydrogen) atoms. The fourth-order valence-corrected chi connectivity index (χ4v) is 9.52. The summed E-state index contributed by atoms with van der Waals surface area (Å²) in [6.07, 6.45) is 6.29. The van der Waals surface area contributed by atoms with Crippen LogP contribution in [0.4, 0.5) is 30.8 Å². The second-order valence-corrected chi connectivity index (χ2v) is 17.2. The number of hydrogen-bond acceptors (Lipinski definition) is 11. The second-order valence-electron chi connectivity index (χ2n) is 16.8. The number of nitrogens with one attached hydrogen (secondary N) is 2. The molecule has 0 spiro atoms. The lowest BCUT2D eigenvalue weighted by molar-refractivity contribution is -0.120. The minimum Gasteiger partial charge on any atom is -0.374 e. The van der Waals surface area contributed by atoms with Gasteiger partial charge in [-0.2, -0.15) is 10.2 Å². The van der Waals surface area contributed by atoms with Gasteiger partial charge in [-0.05, 0) is 69.3 Å². The van der Waals surface area contributed by atoms with Crippen molar-refractivity contribution in [3.63, 3.8) is 0 Å². The summed E-state index contributed by atoms with van der Waals surface area (Å²) in [4.78, 5) is 65.9. The van der Waals surface area contributed by atoms with E-state index in [0.717, 1.165) is 77.2 Å². The van der Waals surface area contributed by atoms with E-state index in [2.05, 4.69) is 42.6 Å². The maximum atomic E-state index is 14.3. The van der Waals surface area contributed by atoms with Gasteiger partial charge in [0, 0.05) is 83.3 Å². The van der Waals surface area contributed by atoms with E-state index in [1.807, 2.05) is 11.0 Å². The van der Waals surface area contributed by atoms with Gasteiger partial charge >= 0.3 is 6.03 Å². The van der Waals surface area contributed by atoms with Crippen LogP contribution in [0.5, 0.6) is 0 Å². The average molecular weight is 863 g/mol. The number of amides is 5. The number of likely N-dealkylation sites (tertiary alicyclic amines) is 2. The number of hydrogen-bond donors (Lipinski definition) is 2. The van der Waals surface area contributed by atoms with Crippen LogP contribution in [0.3, 0.4) is 0 Å². The quantitative estimate of drug-likeness (QED) is 0.209.